The van der Waals surface area contributed by atoms with Gasteiger partial charge in [-0.1, -0.05) is 11.6 Å². The third-order valence-electron chi connectivity index (χ3n) is 2.06. The van der Waals surface area contributed by atoms with Crippen molar-refractivity contribution in [3.8, 4) is 0 Å². The minimum atomic E-state index is 0.153. The minimum Gasteiger partial charge on any atom is -0.370 e. The number of rotatable bonds is 1. The maximum atomic E-state index is 6.08. The normalized spacial score (nSPS) is 23.4. The van der Waals surface area contributed by atoms with Crippen molar-refractivity contribution in [1.29, 1.82) is 0 Å². The Balaban J connectivity index is 2.18. The van der Waals surface area contributed by atoms with Gasteiger partial charge < -0.3 is 10.1 Å². The summed E-state index contributed by atoms with van der Waals surface area (Å²) in [6.45, 7) is 4.66. The summed E-state index contributed by atoms with van der Waals surface area (Å²) in [5.74, 6) is 0. The Kier molecular flexibility index (Phi) is 2.89. The Morgan fingerprint density at radius 3 is 3.08 bits per heavy atom. The number of hydrogen-bond acceptors (Lipinski definition) is 3. The van der Waals surface area contributed by atoms with Gasteiger partial charge in [-0.3, -0.25) is 0 Å². The van der Waals surface area contributed by atoms with Gasteiger partial charge in [0.25, 0.3) is 0 Å². The lowest BCUT2D eigenvalue weighted by Crippen LogP contribution is -2.33. The lowest BCUT2D eigenvalue weighted by Gasteiger charge is -2.22. The minimum absolute atomic E-state index is 0.153. The first-order valence-electron chi connectivity index (χ1n) is 4.35. The van der Waals surface area contributed by atoms with Crippen LogP contribution in [-0.2, 0) is 4.74 Å². The van der Waals surface area contributed by atoms with Gasteiger partial charge in [-0.2, -0.15) is 0 Å². The van der Waals surface area contributed by atoms with E-state index in [2.05, 4.69) is 12.2 Å². The molecule has 1 atom stereocenters. The van der Waals surface area contributed by atoms with Crippen LogP contribution in [-0.4, -0.2) is 19.7 Å². The quantitative estimate of drug-likeness (QED) is 0.780. The number of aryl methyl sites for hydroxylation is 1. The van der Waals surface area contributed by atoms with Crippen molar-refractivity contribution < 1.29 is 4.74 Å². The maximum absolute atomic E-state index is 6.08. The summed E-state index contributed by atoms with van der Waals surface area (Å²) in [6.07, 6.45) is 0.153. The van der Waals surface area contributed by atoms with E-state index in [1.54, 1.807) is 11.3 Å². The summed E-state index contributed by atoms with van der Waals surface area (Å²) in [5, 5.41) is 4.14. The second kappa shape index (κ2) is 3.96. The van der Waals surface area contributed by atoms with Crippen molar-refractivity contribution in [2.45, 2.75) is 13.0 Å². The highest BCUT2D eigenvalue weighted by Crippen LogP contribution is 2.33. The fourth-order valence-electron chi connectivity index (χ4n) is 1.45. The van der Waals surface area contributed by atoms with Crippen LogP contribution in [0.1, 0.15) is 15.9 Å². The van der Waals surface area contributed by atoms with Gasteiger partial charge in [-0.15, -0.1) is 11.3 Å². The molecule has 2 rings (SSSR count). The lowest BCUT2D eigenvalue weighted by molar-refractivity contribution is 0.0300. The van der Waals surface area contributed by atoms with Crippen LogP contribution in [0, 0.1) is 6.92 Å². The van der Waals surface area contributed by atoms with E-state index in [0.29, 0.717) is 0 Å². The number of nitrogens with one attached hydrogen (secondary N) is 1. The summed E-state index contributed by atoms with van der Waals surface area (Å²) >= 11 is 7.80. The van der Waals surface area contributed by atoms with Gasteiger partial charge in [0.15, 0.2) is 0 Å². The van der Waals surface area contributed by atoms with Gasteiger partial charge in [-0.25, -0.2) is 0 Å². The number of halogens is 1. The van der Waals surface area contributed by atoms with E-state index in [1.165, 1.54) is 4.88 Å². The molecule has 1 N–H and O–H groups in total. The molecular formula is C9H12ClNOS. The molecule has 4 heteroatoms. The number of thiophene rings is 1. The summed E-state index contributed by atoms with van der Waals surface area (Å²) in [4.78, 5) is 2.40. The molecule has 0 spiro atoms. The van der Waals surface area contributed by atoms with E-state index in [1.807, 2.05) is 6.07 Å². The van der Waals surface area contributed by atoms with E-state index in [-0.39, 0.29) is 6.10 Å². The molecule has 13 heavy (non-hydrogen) atoms. The molecular weight excluding hydrogens is 206 g/mol. The van der Waals surface area contributed by atoms with E-state index in [0.717, 1.165) is 29.6 Å². The molecule has 1 aromatic rings. The zero-order chi connectivity index (χ0) is 9.26. The smallest absolute Gasteiger partial charge is 0.106 e. The molecule has 0 aliphatic carbocycles. The molecule has 0 bridgehead atoms. The highest BCUT2D eigenvalue weighted by molar-refractivity contribution is 7.12. The molecule has 1 aliphatic rings. The molecule has 0 aromatic carbocycles. The first-order valence-corrected chi connectivity index (χ1v) is 5.55. The number of morpholine rings is 1. The van der Waals surface area contributed by atoms with Crippen LogP contribution >= 0.6 is 22.9 Å². The Hall–Kier alpha value is -0.0900. The first kappa shape index (κ1) is 9.46. The average Bonchev–Trinajstić information content (AvgIpc) is 2.47. The summed E-state index contributed by atoms with van der Waals surface area (Å²) in [5.41, 5.74) is 0. The van der Waals surface area contributed by atoms with Crippen LogP contribution in [0.3, 0.4) is 0 Å². The van der Waals surface area contributed by atoms with Crippen LogP contribution in [0.4, 0.5) is 0 Å². The van der Waals surface area contributed by atoms with Crippen molar-refractivity contribution in [2.75, 3.05) is 19.7 Å². The second-order valence-electron chi connectivity index (χ2n) is 3.13. The number of hydrogen-bond donors (Lipinski definition) is 1. The van der Waals surface area contributed by atoms with Crippen molar-refractivity contribution in [3.05, 3.63) is 20.8 Å². The molecule has 0 amide bonds. The van der Waals surface area contributed by atoms with Gasteiger partial charge in [0, 0.05) is 18.0 Å². The van der Waals surface area contributed by atoms with E-state index in [9.17, 15) is 0 Å². The van der Waals surface area contributed by atoms with Crippen molar-refractivity contribution in [1.82, 2.24) is 5.32 Å². The molecule has 0 radical (unpaired) electrons. The summed E-state index contributed by atoms with van der Waals surface area (Å²) in [6, 6.07) is 2.00. The molecule has 1 saturated heterocycles. The standard InChI is InChI=1S/C9H12ClNOS/c1-6-4-7(10)9(13-6)8-5-11-2-3-12-8/h4,8,11H,2-3,5H2,1H3. The lowest BCUT2D eigenvalue weighted by atomic mass is 10.2. The SMILES string of the molecule is Cc1cc(Cl)c(C2CNCCO2)s1. The molecule has 72 valence electrons. The van der Waals surface area contributed by atoms with Crippen molar-refractivity contribution >= 4 is 22.9 Å². The van der Waals surface area contributed by atoms with Crippen molar-refractivity contribution in [3.63, 3.8) is 0 Å². The third kappa shape index (κ3) is 2.05. The predicted octanol–water partition coefficient (Wildman–Crippen LogP) is 2.37. The first-order chi connectivity index (χ1) is 6.27. The Morgan fingerprint density at radius 2 is 2.54 bits per heavy atom. The molecule has 1 aliphatic heterocycles. The van der Waals surface area contributed by atoms with Crippen LogP contribution in [0.2, 0.25) is 5.02 Å². The largest absolute Gasteiger partial charge is 0.370 e. The van der Waals surface area contributed by atoms with Crippen LogP contribution < -0.4 is 5.32 Å². The molecule has 2 heterocycles. The van der Waals surface area contributed by atoms with Gasteiger partial charge in [0.2, 0.25) is 0 Å². The monoisotopic (exact) mass is 217 g/mol. The summed E-state index contributed by atoms with van der Waals surface area (Å²) < 4.78 is 5.62. The van der Waals surface area contributed by atoms with Crippen LogP contribution in [0.5, 0.6) is 0 Å². The Bertz CT molecular complexity index is 294. The third-order valence-corrected chi connectivity index (χ3v) is 3.62. The van der Waals surface area contributed by atoms with Gasteiger partial charge in [0.05, 0.1) is 16.5 Å². The maximum Gasteiger partial charge on any atom is 0.106 e. The second-order valence-corrected chi connectivity index (χ2v) is 4.83. The topological polar surface area (TPSA) is 21.3 Å². The van der Waals surface area contributed by atoms with Crippen LogP contribution in [0.25, 0.3) is 0 Å². The van der Waals surface area contributed by atoms with Gasteiger partial charge >= 0.3 is 0 Å². The number of ether oxygens (including phenoxy) is 1. The highest BCUT2D eigenvalue weighted by Gasteiger charge is 2.20. The van der Waals surface area contributed by atoms with Crippen LogP contribution in [0.15, 0.2) is 6.07 Å². The highest BCUT2D eigenvalue weighted by atomic mass is 35.5. The van der Waals surface area contributed by atoms with Gasteiger partial charge in [0.1, 0.15) is 6.10 Å². The Labute approximate surface area is 86.9 Å². The van der Waals surface area contributed by atoms with E-state index < -0.39 is 0 Å². The van der Waals surface area contributed by atoms with Crippen molar-refractivity contribution in [2.24, 2.45) is 0 Å². The summed E-state index contributed by atoms with van der Waals surface area (Å²) in [7, 11) is 0. The van der Waals surface area contributed by atoms with E-state index >= 15 is 0 Å². The molecule has 1 unspecified atom stereocenters. The predicted molar refractivity (Wildman–Crippen MR) is 55.6 cm³/mol. The van der Waals surface area contributed by atoms with E-state index in [4.69, 9.17) is 16.3 Å². The molecule has 1 fully saturated rings. The molecule has 2 nitrogen and oxygen atoms in total. The zero-order valence-corrected chi connectivity index (χ0v) is 9.04. The fourth-order valence-corrected chi connectivity index (χ4v) is 2.88. The fraction of sp³-hybridized carbons (Fsp3) is 0.556. The Morgan fingerprint density at radius 1 is 1.69 bits per heavy atom. The zero-order valence-electron chi connectivity index (χ0n) is 7.47. The molecule has 1 aromatic heterocycles. The average molecular weight is 218 g/mol. The van der Waals surface area contributed by atoms with Gasteiger partial charge in [-0.05, 0) is 13.0 Å². The molecule has 0 saturated carbocycles.